The molecule has 2 amide bonds. The summed E-state index contributed by atoms with van der Waals surface area (Å²) >= 11 is 1.59. The predicted octanol–water partition coefficient (Wildman–Crippen LogP) is 4.64. The molecule has 180 valence electrons. The number of nitrogens with zero attached hydrogens (tertiary/aromatic N) is 4. The Morgan fingerprint density at radius 3 is 2.76 bits per heavy atom. The molecule has 2 fully saturated rings. The Balaban J connectivity index is 1.50. The maximum absolute atomic E-state index is 13.9. The second-order valence-electron chi connectivity index (χ2n) is 9.17. The van der Waals surface area contributed by atoms with E-state index in [1.807, 2.05) is 27.0 Å². The topological polar surface area (TPSA) is 89.3 Å². The second kappa shape index (κ2) is 10.2. The minimum atomic E-state index is -0.0457. The molecule has 3 aromatic rings. The number of amides is 2. The molecule has 0 spiro atoms. The lowest BCUT2D eigenvalue weighted by Gasteiger charge is -2.24. The van der Waals surface area contributed by atoms with Gasteiger partial charge in [0.1, 0.15) is 5.01 Å². The van der Waals surface area contributed by atoms with Gasteiger partial charge in [0.15, 0.2) is 0 Å². The van der Waals surface area contributed by atoms with E-state index in [0.29, 0.717) is 36.5 Å². The van der Waals surface area contributed by atoms with Crippen LogP contribution < -0.4 is 5.32 Å². The van der Waals surface area contributed by atoms with Crippen LogP contribution >= 0.6 is 11.3 Å². The minimum Gasteiger partial charge on any atom is -0.383 e. The van der Waals surface area contributed by atoms with Crippen LogP contribution in [0.5, 0.6) is 0 Å². The number of rotatable bonds is 7. The third-order valence-electron chi connectivity index (χ3n) is 6.97. The molecule has 5 rings (SSSR count). The van der Waals surface area contributed by atoms with Crippen molar-refractivity contribution in [1.82, 2.24) is 19.4 Å². The molecule has 8 nitrogen and oxygen atoms in total. The standard InChI is InChI=1S/C25H31N5O3S/c1-33-12-11-29-16-27-20-15-18(28-23(31)17-6-3-2-4-7-17)14-19(22(20)29)25(32)30-10-5-8-21(30)24-26-9-13-34-24/h9,13-17,21H,2-8,10-12H2,1H3,(H,28,31)/t21-/m0/s1. The second-order valence-corrected chi connectivity index (χ2v) is 10.1. The molecule has 1 N–H and O–H groups in total. The fourth-order valence-corrected chi connectivity index (χ4v) is 6.02. The lowest BCUT2D eigenvalue weighted by molar-refractivity contribution is -0.120. The van der Waals surface area contributed by atoms with E-state index in [4.69, 9.17) is 4.74 Å². The molecule has 1 aromatic carbocycles. The van der Waals surface area contributed by atoms with Gasteiger partial charge in [-0.25, -0.2) is 9.97 Å². The fourth-order valence-electron chi connectivity index (χ4n) is 5.23. The lowest BCUT2D eigenvalue weighted by atomic mass is 9.88. The Kier molecular flexibility index (Phi) is 6.92. The SMILES string of the molecule is COCCn1cnc2cc(NC(=O)C3CCCCC3)cc(C(=O)N3CCC[C@H]3c3nccs3)c21. The molecule has 0 unspecified atom stereocenters. The summed E-state index contributed by atoms with van der Waals surface area (Å²) in [6.45, 7) is 1.80. The van der Waals surface area contributed by atoms with Crippen LogP contribution in [-0.4, -0.2) is 51.5 Å². The number of nitrogens with one attached hydrogen (secondary N) is 1. The largest absolute Gasteiger partial charge is 0.383 e. The first-order chi connectivity index (χ1) is 16.7. The first-order valence-electron chi connectivity index (χ1n) is 12.1. The van der Waals surface area contributed by atoms with E-state index in [9.17, 15) is 9.59 Å². The van der Waals surface area contributed by atoms with Gasteiger partial charge in [0.25, 0.3) is 5.91 Å². The van der Waals surface area contributed by atoms with E-state index in [1.165, 1.54) is 6.42 Å². The summed E-state index contributed by atoms with van der Waals surface area (Å²) in [5, 5.41) is 6.01. The zero-order chi connectivity index (χ0) is 23.5. The van der Waals surface area contributed by atoms with E-state index in [2.05, 4.69) is 15.3 Å². The van der Waals surface area contributed by atoms with Crippen LogP contribution in [0.1, 0.15) is 66.4 Å². The molecule has 1 aliphatic carbocycles. The number of anilines is 1. The van der Waals surface area contributed by atoms with Crippen molar-refractivity contribution in [3.63, 3.8) is 0 Å². The van der Waals surface area contributed by atoms with Crippen molar-refractivity contribution in [3.8, 4) is 0 Å². The van der Waals surface area contributed by atoms with E-state index in [0.717, 1.165) is 49.0 Å². The number of likely N-dealkylation sites (tertiary alicyclic amines) is 1. The van der Waals surface area contributed by atoms with Crippen molar-refractivity contribution in [2.45, 2.75) is 57.5 Å². The summed E-state index contributed by atoms with van der Waals surface area (Å²) in [5.74, 6) is 0.0319. The average Bonchev–Trinajstić information content (AvgIpc) is 3.63. The van der Waals surface area contributed by atoms with Crippen molar-refractivity contribution in [2.75, 3.05) is 25.6 Å². The fraction of sp³-hybridized carbons (Fsp3) is 0.520. The van der Waals surface area contributed by atoms with Gasteiger partial charge in [-0.3, -0.25) is 9.59 Å². The number of carbonyl (C=O) groups excluding carboxylic acids is 2. The molecule has 3 heterocycles. The number of benzene rings is 1. The first-order valence-corrected chi connectivity index (χ1v) is 13.0. The van der Waals surface area contributed by atoms with Gasteiger partial charge in [0, 0.05) is 43.4 Å². The van der Waals surface area contributed by atoms with Crippen LogP contribution in [0.2, 0.25) is 0 Å². The number of thiazole rings is 1. The van der Waals surface area contributed by atoms with E-state index < -0.39 is 0 Å². The molecular formula is C25H31N5O3S. The summed E-state index contributed by atoms with van der Waals surface area (Å²) in [6, 6.07) is 3.69. The van der Waals surface area contributed by atoms with Crippen molar-refractivity contribution in [2.24, 2.45) is 5.92 Å². The molecule has 1 saturated carbocycles. The van der Waals surface area contributed by atoms with Crippen LogP contribution in [0.25, 0.3) is 11.0 Å². The highest BCUT2D eigenvalue weighted by Gasteiger charge is 2.34. The highest BCUT2D eigenvalue weighted by molar-refractivity contribution is 7.09. The number of aromatic nitrogens is 3. The van der Waals surface area contributed by atoms with Gasteiger partial charge in [0.2, 0.25) is 5.91 Å². The number of hydrogen-bond acceptors (Lipinski definition) is 6. The molecule has 0 bridgehead atoms. The predicted molar refractivity (Wildman–Crippen MR) is 132 cm³/mol. The highest BCUT2D eigenvalue weighted by Crippen LogP contribution is 2.36. The molecule has 0 radical (unpaired) electrons. The summed E-state index contributed by atoms with van der Waals surface area (Å²) in [4.78, 5) is 37.9. The lowest BCUT2D eigenvalue weighted by Crippen LogP contribution is -2.31. The third kappa shape index (κ3) is 4.59. The molecule has 2 aliphatic rings. The van der Waals surface area contributed by atoms with Gasteiger partial charge in [-0.15, -0.1) is 11.3 Å². The van der Waals surface area contributed by atoms with Crippen LogP contribution in [0.3, 0.4) is 0 Å². The number of carbonyl (C=O) groups is 2. The maximum Gasteiger partial charge on any atom is 0.256 e. The quantitative estimate of drug-likeness (QED) is 0.531. The summed E-state index contributed by atoms with van der Waals surface area (Å²) in [6.07, 6.45) is 10.6. The highest BCUT2D eigenvalue weighted by atomic mass is 32.1. The molecule has 1 saturated heterocycles. The zero-order valence-corrected chi connectivity index (χ0v) is 20.4. The van der Waals surface area contributed by atoms with Crippen molar-refractivity contribution in [3.05, 3.63) is 40.6 Å². The van der Waals surface area contributed by atoms with E-state index in [1.54, 1.807) is 31.0 Å². The Morgan fingerprint density at radius 1 is 1.15 bits per heavy atom. The number of fused-ring (bicyclic) bond motifs is 1. The molecule has 34 heavy (non-hydrogen) atoms. The smallest absolute Gasteiger partial charge is 0.256 e. The van der Waals surface area contributed by atoms with E-state index >= 15 is 0 Å². The number of ether oxygens (including phenoxy) is 1. The normalized spacial score (nSPS) is 19.1. The van der Waals surface area contributed by atoms with Gasteiger partial charge in [0.05, 0.1) is 35.6 Å². The first kappa shape index (κ1) is 23.0. The summed E-state index contributed by atoms with van der Waals surface area (Å²) < 4.78 is 7.23. The van der Waals surface area contributed by atoms with Gasteiger partial charge in [-0.2, -0.15) is 0 Å². The Hall–Kier alpha value is -2.78. The number of methoxy groups -OCH3 is 1. The van der Waals surface area contributed by atoms with Crippen LogP contribution in [-0.2, 0) is 16.1 Å². The number of imidazole rings is 1. The summed E-state index contributed by atoms with van der Waals surface area (Å²) in [5.41, 5.74) is 2.68. The van der Waals surface area contributed by atoms with Crippen LogP contribution in [0, 0.1) is 5.92 Å². The molecule has 2 aromatic heterocycles. The Morgan fingerprint density at radius 2 is 2.00 bits per heavy atom. The molecular weight excluding hydrogens is 450 g/mol. The van der Waals surface area contributed by atoms with Gasteiger partial charge >= 0.3 is 0 Å². The Bertz CT molecular complexity index is 1150. The third-order valence-corrected chi connectivity index (χ3v) is 7.85. The van der Waals surface area contributed by atoms with Crippen LogP contribution in [0.4, 0.5) is 5.69 Å². The average molecular weight is 482 g/mol. The molecule has 1 aliphatic heterocycles. The number of hydrogen-bond donors (Lipinski definition) is 1. The Labute approximate surface area is 203 Å². The zero-order valence-electron chi connectivity index (χ0n) is 19.5. The van der Waals surface area contributed by atoms with Crippen molar-refractivity contribution < 1.29 is 14.3 Å². The van der Waals surface area contributed by atoms with Crippen molar-refractivity contribution >= 4 is 39.9 Å². The van der Waals surface area contributed by atoms with E-state index in [-0.39, 0.29) is 23.8 Å². The van der Waals surface area contributed by atoms with Gasteiger partial charge in [-0.1, -0.05) is 19.3 Å². The van der Waals surface area contributed by atoms with Gasteiger partial charge < -0.3 is 19.5 Å². The monoisotopic (exact) mass is 481 g/mol. The molecule has 9 heteroatoms. The maximum atomic E-state index is 13.9. The minimum absolute atomic E-state index is 0.0154. The van der Waals surface area contributed by atoms with Crippen LogP contribution in [0.15, 0.2) is 30.0 Å². The molecule has 1 atom stereocenters. The van der Waals surface area contributed by atoms with Gasteiger partial charge in [-0.05, 0) is 37.8 Å². The summed E-state index contributed by atoms with van der Waals surface area (Å²) in [7, 11) is 1.66. The van der Waals surface area contributed by atoms with Crippen molar-refractivity contribution in [1.29, 1.82) is 0 Å².